The molecule has 2 aromatic carbocycles. The number of amides is 2. The van der Waals surface area contributed by atoms with Gasteiger partial charge in [-0.1, -0.05) is 24.3 Å². The molecule has 1 aliphatic heterocycles. The molecule has 192 valence electrons. The van der Waals surface area contributed by atoms with Gasteiger partial charge in [-0.25, -0.2) is 4.79 Å². The molecule has 0 saturated carbocycles. The van der Waals surface area contributed by atoms with Crippen LogP contribution in [0.2, 0.25) is 0 Å². The summed E-state index contributed by atoms with van der Waals surface area (Å²) in [5.74, 6) is -0.0780. The Bertz CT molecular complexity index is 1140. The number of nitrogens with one attached hydrogen (secondary N) is 1. The fourth-order valence-corrected chi connectivity index (χ4v) is 4.58. The number of benzene rings is 2. The molecule has 0 aliphatic carbocycles. The van der Waals surface area contributed by atoms with Crippen molar-refractivity contribution in [3.05, 3.63) is 59.7 Å². The molecule has 1 saturated heterocycles. The molecule has 1 fully saturated rings. The number of ether oxygens (including phenoxy) is 1. The summed E-state index contributed by atoms with van der Waals surface area (Å²) >= 11 is 0. The molecule has 1 N–H and O–H groups in total. The molecule has 2 aromatic rings. The van der Waals surface area contributed by atoms with Gasteiger partial charge >= 0.3 is 22.3 Å². The number of rotatable bonds is 7. The van der Waals surface area contributed by atoms with Crippen LogP contribution in [0.15, 0.2) is 53.4 Å². The lowest BCUT2D eigenvalue weighted by Crippen LogP contribution is -2.50. The smallest absolute Gasteiger partial charge is 0.379 e. The first kappa shape index (κ1) is 26.8. The van der Waals surface area contributed by atoms with E-state index in [1.54, 1.807) is 18.2 Å². The molecule has 1 heterocycles. The Kier molecular flexibility index (Phi) is 8.00. The van der Waals surface area contributed by atoms with E-state index < -0.39 is 32.3 Å². The molecule has 0 bridgehead atoms. The van der Waals surface area contributed by atoms with E-state index in [9.17, 15) is 26.4 Å². The zero-order valence-electron chi connectivity index (χ0n) is 19.8. The van der Waals surface area contributed by atoms with E-state index >= 15 is 0 Å². The fourth-order valence-electron chi connectivity index (χ4n) is 3.57. The van der Waals surface area contributed by atoms with Crippen molar-refractivity contribution >= 4 is 16.1 Å². The van der Waals surface area contributed by atoms with E-state index in [0.29, 0.717) is 18.2 Å². The minimum absolute atomic E-state index is 0.00998. The third kappa shape index (κ3) is 7.60. The van der Waals surface area contributed by atoms with Crippen LogP contribution < -0.4 is 9.50 Å². The first-order valence-electron chi connectivity index (χ1n) is 11.1. The van der Waals surface area contributed by atoms with Crippen molar-refractivity contribution in [1.82, 2.24) is 10.2 Å². The molecule has 0 unspecified atom stereocenters. The topological polar surface area (TPSA) is 84.9 Å². The average molecular weight is 515 g/mol. The number of hydrogen-bond acceptors (Lipinski definition) is 5. The number of hydrogen-bond donors (Lipinski definition) is 1. The van der Waals surface area contributed by atoms with Crippen LogP contribution in [0.3, 0.4) is 0 Å². The lowest BCUT2D eigenvalue weighted by Gasteiger charge is -2.30. The maximum Gasteiger partial charge on any atom is 0.416 e. The number of urea groups is 1. The zero-order chi connectivity index (χ0) is 25.9. The molecule has 3 rings (SSSR count). The normalized spacial score (nSPS) is 16.7. The minimum Gasteiger partial charge on any atom is -0.379 e. The summed E-state index contributed by atoms with van der Waals surface area (Å²) < 4.78 is 75.7. The highest BCUT2D eigenvalue weighted by Crippen LogP contribution is 2.32. The average Bonchev–Trinajstić information content (AvgIpc) is 3.26. The van der Waals surface area contributed by atoms with Gasteiger partial charge in [0.15, 0.2) is 0 Å². The van der Waals surface area contributed by atoms with Gasteiger partial charge in [-0.05, 0) is 57.9 Å². The van der Waals surface area contributed by atoms with Gasteiger partial charge < -0.3 is 19.1 Å². The monoisotopic (exact) mass is 514 g/mol. The molecule has 7 nitrogen and oxygen atoms in total. The van der Waals surface area contributed by atoms with Crippen molar-refractivity contribution in [3.63, 3.8) is 0 Å². The Balaban J connectivity index is 1.87. The standard InChI is InChI=1S/C24H29F3N2O5S/c1-23(2,3)28-22(30)29(16-19-10-7-13-33-19)15-17-8-4-5-12-21(17)34-35(31,32)20-11-6-9-18(14-20)24(25,26)27/h4-6,8-9,11-12,14,19H,7,10,13,15-16H2,1-3H3,(H,28,30)/t19-/m1/s1. The van der Waals surface area contributed by atoms with Gasteiger partial charge in [-0.3, -0.25) is 0 Å². The number of alkyl halides is 3. The third-order valence-electron chi connectivity index (χ3n) is 5.20. The van der Waals surface area contributed by atoms with Crippen LogP contribution in [0.1, 0.15) is 44.7 Å². The number of para-hydroxylation sites is 1. The predicted octanol–water partition coefficient (Wildman–Crippen LogP) is 4.96. The molecule has 1 atom stereocenters. The van der Waals surface area contributed by atoms with Gasteiger partial charge in [0.25, 0.3) is 0 Å². The number of carbonyl (C=O) groups excluding carboxylic acids is 1. The van der Waals surface area contributed by atoms with Crippen LogP contribution in [0.4, 0.5) is 18.0 Å². The zero-order valence-corrected chi connectivity index (χ0v) is 20.6. The summed E-state index contributed by atoms with van der Waals surface area (Å²) in [6.45, 7) is 6.43. The van der Waals surface area contributed by atoms with E-state index in [1.165, 1.54) is 11.0 Å². The quantitative estimate of drug-likeness (QED) is 0.528. The largest absolute Gasteiger partial charge is 0.416 e. The first-order valence-corrected chi connectivity index (χ1v) is 12.5. The van der Waals surface area contributed by atoms with Gasteiger partial charge in [0, 0.05) is 24.3 Å². The molecule has 0 aromatic heterocycles. The Labute approximate surface area is 203 Å². The van der Waals surface area contributed by atoms with E-state index in [0.717, 1.165) is 31.0 Å². The first-order chi connectivity index (χ1) is 16.2. The van der Waals surface area contributed by atoms with Gasteiger partial charge in [0.2, 0.25) is 0 Å². The second-order valence-corrected chi connectivity index (χ2v) is 10.9. The van der Waals surface area contributed by atoms with E-state index in [1.807, 2.05) is 20.8 Å². The van der Waals surface area contributed by atoms with Crippen LogP contribution in [0.25, 0.3) is 0 Å². The fraction of sp³-hybridized carbons (Fsp3) is 0.458. The lowest BCUT2D eigenvalue weighted by atomic mass is 10.1. The number of carbonyl (C=O) groups is 1. The van der Waals surface area contributed by atoms with E-state index in [-0.39, 0.29) is 31.0 Å². The summed E-state index contributed by atoms with van der Waals surface area (Å²) in [6, 6.07) is 9.19. The van der Waals surface area contributed by atoms with Crippen molar-refractivity contribution in [2.45, 2.75) is 62.9 Å². The van der Waals surface area contributed by atoms with Gasteiger partial charge in [-0.2, -0.15) is 21.6 Å². The SMILES string of the molecule is CC(C)(C)NC(=O)N(Cc1ccccc1OS(=O)(=O)c1cccc(C(F)(F)F)c1)C[C@H]1CCCO1. The highest BCUT2D eigenvalue weighted by Gasteiger charge is 2.32. The highest BCUT2D eigenvalue weighted by atomic mass is 32.2. The molecule has 1 aliphatic rings. The molecule has 0 spiro atoms. The number of halogens is 3. The van der Waals surface area contributed by atoms with Gasteiger partial charge in [0.1, 0.15) is 10.6 Å². The van der Waals surface area contributed by atoms with Crippen LogP contribution >= 0.6 is 0 Å². The summed E-state index contributed by atoms with van der Waals surface area (Å²) in [7, 11) is -4.57. The van der Waals surface area contributed by atoms with Crippen molar-refractivity contribution < 1.29 is 35.3 Å². The lowest BCUT2D eigenvalue weighted by molar-refractivity contribution is -0.137. The second-order valence-electron chi connectivity index (χ2n) is 9.37. The Morgan fingerprint density at radius 3 is 2.49 bits per heavy atom. The summed E-state index contributed by atoms with van der Waals surface area (Å²) in [4.78, 5) is 13.9. The molecular weight excluding hydrogens is 485 g/mol. The van der Waals surface area contributed by atoms with Gasteiger partial charge in [-0.15, -0.1) is 0 Å². The van der Waals surface area contributed by atoms with Crippen LogP contribution in [-0.2, 0) is 27.6 Å². The molecular formula is C24H29F3N2O5S. The highest BCUT2D eigenvalue weighted by molar-refractivity contribution is 7.87. The van der Waals surface area contributed by atoms with Crippen molar-refractivity contribution in [3.8, 4) is 5.75 Å². The Morgan fingerprint density at radius 1 is 1.14 bits per heavy atom. The maximum absolute atomic E-state index is 13.1. The second kappa shape index (κ2) is 10.4. The minimum atomic E-state index is -4.70. The van der Waals surface area contributed by atoms with Crippen molar-refractivity contribution in [2.24, 2.45) is 0 Å². The summed E-state index contributed by atoms with van der Waals surface area (Å²) in [6.07, 6.45) is -3.18. The Hall–Kier alpha value is -2.79. The van der Waals surface area contributed by atoms with Crippen LogP contribution in [-0.4, -0.2) is 44.1 Å². The third-order valence-corrected chi connectivity index (χ3v) is 6.43. The summed E-state index contributed by atoms with van der Waals surface area (Å²) in [5, 5.41) is 2.89. The summed E-state index contributed by atoms with van der Waals surface area (Å²) in [5.41, 5.74) is -1.23. The van der Waals surface area contributed by atoms with Crippen LogP contribution in [0, 0.1) is 0 Å². The van der Waals surface area contributed by atoms with Crippen molar-refractivity contribution in [2.75, 3.05) is 13.2 Å². The van der Waals surface area contributed by atoms with E-state index in [4.69, 9.17) is 8.92 Å². The van der Waals surface area contributed by atoms with Crippen molar-refractivity contribution in [1.29, 1.82) is 0 Å². The Morgan fingerprint density at radius 2 is 1.86 bits per heavy atom. The van der Waals surface area contributed by atoms with Gasteiger partial charge in [0.05, 0.1) is 18.2 Å². The maximum atomic E-state index is 13.1. The van der Waals surface area contributed by atoms with E-state index in [2.05, 4.69) is 5.32 Å². The predicted molar refractivity (Wildman–Crippen MR) is 123 cm³/mol. The molecule has 35 heavy (non-hydrogen) atoms. The molecule has 0 radical (unpaired) electrons. The molecule has 11 heteroatoms. The molecule has 2 amide bonds. The number of nitrogens with zero attached hydrogens (tertiary/aromatic N) is 1. The van der Waals surface area contributed by atoms with Crippen LogP contribution in [0.5, 0.6) is 5.75 Å².